The molecule has 39 heavy (non-hydrogen) atoms. The van der Waals surface area contributed by atoms with Crippen molar-refractivity contribution in [3.05, 3.63) is 90.7 Å². The molecule has 202 valence electrons. The Hall–Kier alpha value is -4.70. The number of aromatic nitrogens is 2. The first-order chi connectivity index (χ1) is 19.0. The Kier molecular flexibility index (Phi) is 9.25. The second-order valence-corrected chi connectivity index (χ2v) is 8.52. The van der Waals surface area contributed by atoms with Gasteiger partial charge in [-0.2, -0.15) is 5.10 Å². The summed E-state index contributed by atoms with van der Waals surface area (Å²) < 4.78 is 25.7. The number of anilines is 2. The van der Waals surface area contributed by atoms with E-state index in [1.165, 1.54) is 28.8 Å². The summed E-state index contributed by atoms with van der Waals surface area (Å²) in [6.45, 7) is 2.64. The maximum atomic E-state index is 13.6. The Labute approximate surface area is 226 Å². The lowest BCUT2D eigenvalue weighted by atomic mass is 10.1. The molecule has 0 aliphatic heterocycles. The van der Waals surface area contributed by atoms with E-state index in [1.807, 2.05) is 37.3 Å². The zero-order valence-corrected chi connectivity index (χ0v) is 21.8. The Morgan fingerprint density at radius 1 is 0.974 bits per heavy atom. The van der Waals surface area contributed by atoms with Crippen molar-refractivity contribution < 1.29 is 23.5 Å². The smallest absolute Gasteiger partial charge is 0.322 e. The average Bonchev–Trinajstić information content (AvgIpc) is 3.36. The number of halogens is 1. The van der Waals surface area contributed by atoms with Crippen LogP contribution in [0.15, 0.2) is 84.9 Å². The van der Waals surface area contributed by atoms with Gasteiger partial charge < -0.3 is 25.0 Å². The van der Waals surface area contributed by atoms with Crippen LogP contribution in [0.2, 0.25) is 0 Å². The maximum Gasteiger partial charge on any atom is 0.322 e. The summed E-state index contributed by atoms with van der Waals surface area (Å²) in [6, 6.07) is 23.5. The first-order valence-corrected chi connectivity index (χ1v) is 12.5. The number of ether oxygens (including phenoxy) is 2. The summed E-state index contributed by atoms with van der Waals surface area (Å²) in [6.07, 6.45) is 0. The SMILES string of the molecule is CCOc1ccc(NC(=O)N(CCOC)CC(=O)Nc2cc(-c3ccccc3)nn2-c2ccc(F)cc2)cc1. The Morgan fingerprint density at radius 3 is 2.36 bits per heavy atom. The van der Waals surface area contributed by atoms with Gasteiger partial charge in [-0.05, 0) is 55.5 Å². The van der Waals surface area contributed by atoms with Crippen LogP contribution in [0.4, 0.5) is 20.7 Å². The van der Waals surface area contributed by atoms with Crippen molar-refractivity contribution in [2.75, 3.05) is 44.0 Å². The van der Waals surface area contributed by atoms with E-state index in [0.717, 1.165) is 5.56 Å². The van der Waals surface area contributed by atoms with Crippen molar-refractivity contribution in [3.8, 4) is 22.7 Å². The van der Waals surface area contributed by atoms with Crippen LogP contribution >= 0.6 is 0 Å². The molecule has 3 aromatic carbocycles. The van der Waals surface area contributed by atoms with Crippen molar-refractivity contribution in [2.24, 2.45) is 0 Å². The minimum absolute atomic E-state index is 0.194. The van der Waals surface area contributed by atoms with Gasteiger partial charge in [-0.15, -0.1) is 0 Å². The largest absolute Gasteiger partial charge is 0.494 e. The molecule has 0 unspecified atom stereocenters. The van der Waals surface area contributed by atoms with Gasteiger partial charge in [0.2, 0.25) is 5.91 Å². The van der Waals surface area contributed by atoms with E-state index in [4.69, 9.17) is 9.47 Å². The highest BCUT2D eigenvalue weighted by molar-refractivity contribution is 5.97. The van der Waals surface area contributed by atoms with Gasteiger partial charge in [0.25, 0.3) is 0 Å². The number of carbonyl (C=O) groups is 2. The van der Waals surface area contributed by atoms with Gasteiger partial charge in [0, 0.05) is 31.0 Å². The summed E-state index contributed by atoms with van der Waals surface area (Å²) >= 11 is 0. The van der Waals surface area contributed by atoms with E-state index in [-0.39, 0.29) is 25.5 Å². The molecule has 0 atom stereocenters. The molecule has 0 saturated carbocycles. The minimum Gasteiger partial charge on any atom is -0.494 e. The van der Waals surface area contributed by atoms with Crippen LogP contribution in [0.5, 0.6) is 5.75 Å². The van der Waals surface area contributed by atoms with E-state index in [2.05, 4.69) is 15.7 Å². The normalized spacial score (nSPS) is 10.6. The highest BCUT2D eigenvalue weighted by Gasteiger charge is 2.20. The van der Waals surface area contributed by atoms with Gasteiger partial charge in [-0.1, -0.05) is 30.3 Å². The second-order valence-electron chi connectivity index (χ2n) is 8.52. The lowest BCUT2D eigenvalue weighted by Gasteiger charge is -2.22. The van der Waals surface area contributed by atoms with Crippen molar-refractivity contribution in [1.82, 2.24) is 14.7 Å². The van der Waals surface area contributed by atoms with Gasteiger partial charge in [-0.3, -0.25) is 4.79 Å². The molecule has 0 aliphatic carbocycles. The van der Waals surface area contributed by atoms with Crippen molar-refractivity contribution in [1.29, 1.82) is 0 Å². The summed E-state index contributed by atoms with van der Waals surface area (Å²) in [5, 5.41) is 10.3. The number of urea groups is 1. The lowest BCUT2D eigenvalue weighted by molar-refractivity contribution is -0.116. The number of rotatable bonds is 11. The number of methoxy groups -OCH3 is 1. The van der Waals surface area contributed by atoms with Crippen LogP contribution in [-0.2, 0) is 9.53 Å². The first kappa shape index (κ1) is 27.3. The summed E-state index contributed by atoms with van der Waals surface area (Å²) in [7, 11) is 1.52. The molecule has 0 fully saturated rings. The van der Waals surface area contributed by atoms with Gasteiger partial charge in [-0.25, -0.2) is 13.9 Å². The number of hydrogen-bond donors (Lipinski definition) is 2. The number of nitrogens with one attached hydrogen (secondary N) is 2. The standard InChI is InChI=1S/C29H30FN5O4/c1-3-39-25-15-11-23(12-16-25)31-29(37)34(17-18-38-2)20-28(36)32-27-19-26(21-7-5-4-6-8-21)33-35(27)24-13-9-22(30)10-14-24/h4-16,19H,3,17-18,20H2,1-2H3,(H,31,37)(H,32,36). The minimum atomic E-state index is -0.455. The van der Waals surface area contributed by atoms with Crippen LogP contribution in [0, 0.1) is 5.82 Å². The molecule has 4 rings (SSSR count). The number of carbonyl (C=O) groups excluding carboxylic acids is 2. The molecule has 0 radical (unpaired) electrons. The molecule has 0 aliphatic rings. The fraction of sp³-hybridized carbons (Fsp3) is 0.207. The first-order valence-electron chi connectivity index (χ1n) is 12.5. The third kappa shape index (κ3) is 7.42. The molecule has 0 spiro atoms. The number of amides is 3. The topological polar surface area (TPSA) is 97.7 Å². The Bertz CT molecular complexity index is 1380. The van der Waals surface area contributed by atoms with Crippen LogP contribution in [0.3, 0.4) is 0 Å². The second kappa shape index (κ2) is 13.2. The zero-order valence-electron chi connectivity index (χ0n) is 21.8. The Morgan fingerprint density at radius 2 is 1.69 bits per heavy atom. The molecule has 0 saturated heterocycles. The number of nitrogens with zero attached hydrogens (tertiary/aromatic N) is 3. The summed E-state index contributed by atoms with van der Waals surface area (Å²) in [4.78, 5) is 27.5. The van der Waals surface area contributed by atoms with Crippen LogP contribution in [-0.4, -0.2) is 60.0 Å². The van der Waals surface area contributed by atoms with Crippen molar-refractivity contribution >= 4 is 23.4 Å². The predicted molar refractivity (Wildman–Crippen MR) is 148 cm³/mol. The zero-order chi connectivity index (χ0) is 27.6. The van der Waals surface area contributed by atoms with Crippen LogP contribution in [0.25, 0.3) is 16.9 Å². The Balaban J connectivity index is 1.52. The van der Waals surface area contributed by atoms with Gasteiger partial charge >= 0.3 is 6.03 Å². The molecule has 1 aromatic heterocycles. The third-order valence-corrected chi connectivity index (χ3v) is 5.72. The van der Waals surface area contributed by atoms with E-state index < -0.39 is 11.9 Å². The molecule has 4 aromatic rings. The average molecular weight is 532 g/mol. The van der Waals surface area contributed by atoms with Crippen molar-refractivity contribution in [3.63, 3.8) is 0 Å². The number of benzene rings is 3. The molecule has 9 nitrogen and oxygen atoms in total. The maximum absolute atomic E-state index is 13.6. The van der Waals surface area contributed by atoms with E-state index in [0.29, 0.717) is 35.2 Å². The van der Waals surface area contributed by atoms with Gasteiger partial charge in [0.05, 0.1) is 24.6 Å². The predicted octanol–water partition coefficient (Wildman–Crippen LogP) is 5.20. The quantitative estimate of drug-likeness (QED) is 0.277. The fourth-order valence-electron chi connectivity index (χ4n) is 3.81. The highest BCUT2D eigenvalue weighted by atomic mass is 19.1. The van der Waals surface area contributed by atoms with E-state index >= 15 is 0 Å². The van der Waals surface area contributed by atoms with Crippen LogP contribution in [0.1, 0.15) is 6.92 Å². The van der Waals surface area contributed by atoms with E-state index in [1.54, 1.807) is 42.5 Å². The molecule has 0 bridgehead atoms. The van der Waals surface area contributed by atoms with Crippen molar-refractivity contribution in [2.45, 2.75) is 6.92 Å². The molecule has 3 amide bonds. The molecule has 1 heterocycles. The monoisotopic (exact) mass is 531 g/mol. The molecular weight excluding hydrogens is 501 g/mol. The van der Waals surface area contributed by atoms with Crippen LogP contribution < -0.4 is 15.4 Å². The highest BCUT2D eigenvalue weighted by Crippen LogP contribution is 2.25. The van der Waals surface area contributed by atoms with E-state index in [9.17, 15) is 14.0 Å². The van der Waals surface area contributed by atoms with Gasteiger partial charge in [0.1, 0.15) is 23.9 Å². The molecular formula is C29H30FN5O4. The summed E-state index contributed by atoms with van der Waals surface area (Å²) in [5.41, 5.74) is 2.61. The molecule has 2 N–H and O–H groups in total. The number of hydrogen-bond acceptors (Lipinski definition) is 5. The fourth-order valence-corrected chi connectivity index (χ4v) is 3.81. The lowest BCUT2D eigenvalue weighted by Crippen LogP contribution is -2.42. The molecule has 10 heteroatoms. The summed E-state index contributed by atoms with van der Waals surface area (Å²) in [5.74, 6) is 0.255. The van der Waals surface area contributed by atoms with Gasteiger partial charge in [0.15, 0.2) is 0 Å². The third-order valence-electron chi connectivity index (χ3n) is 5.72.